The van der Waals surface area contributed by atoms with E-state index >= 15 is 0 Å². The Hall–Kier alpha value is -1.38. The van der Waals surface area contributed by atoms with Gasteiger partial charge in [-0.2, -0.15) is 0 Å². The van der Waals surface area contributed by atoms with Gasteiger partial charge >= 0.3 is 5.97 Å². The summed E-state index contributed by atoms with van der Waals surface area (Å²) in [6.45, 7) is 1.52. The summed E-state index contributed by atoms with van der Waals surface area (Å²) < 4.78 is 14.1. The molecule has 0 saturated carbocycles. The first-order valence-corrected chi connectivity index (χ1v) is 5.06. The van der Waals surface area contributed by atoms with Crippen LogP contribution in [0.25, 0.3) is 0 Å². The third kappa shape index (κ3) is 1.74. The van der Waals surface area contributed by atoms with E-state index < -0.39 is 11.6 Å². The number of carboxylic acids is 1. The first-order chi connectivity index (χ1) is 7.00. The van der Waals surface area contributed by atoms with Crippen LogP contribution >= 0.6 is 0 Å². The number of carbonyl (C=O) groups is 1. The van der Waals surface area contributed by atoms with Gasteiger partial charge < -0.3 is 5.11 Å². The molecule has 2 rings (SSSR count). The van der Waals surface area contributed by atoms with E-state index in [2.05, 4.69) is 0 Å². The van der Waals surface area contributed by atoms with E-state index in [-0.39, 0.29) is 5.56 Å². The molecule has 3 heteroatoms. The molecule has 15 heavy (non-hydrogen) atoms. The maximum absolute atomic E-state index is 14.1. The molecule has 0 saturated heterocycles. The van der Waals surface area contributed by atoms with Crippen molar-refractivity contribution in [3.63, 3.8) is 0 Å². The summed E-state index contributed by atoms with van der Waals surface area (Å²) in [6.07, 6.45) is 2.14. The Kier molecular flexibility index (Phi) is 2.25. The zero-order valence-corrected chi connectivity index (χ0v) is 8.59. The Morgan fingerprint density at radius 3 is 2.93 bits per heavy atom. The maximum Gasteiger partial charge on any atom is 0.335 e. The highest BCUT2D eigenvalue weighted by Crippen LogP contribution is 2.38. The standard InChI is InChI=1S/C12H13FO2/c1-12(13)6-2-3-8-4-5-9(11(14)15)7-10(8)12/h4-5,7H,2-3,6H2,1H3,(H,14,15). The second kappa shape index (κ2) is 3.33. The van der Waals surface area contributed by atoms with Gasteiger partial charge in [0.25, 0.3) is 0 Å². The Labute approximate surface area is 87.7 Å². The Morgan fingerprint density at radius 2 is 2.27 bits per heavy atom. The first kappa shape index (κ1) is 10.1. The van der Waals surface area contributed by atoms with Crippen molar-refractivity contribution in [3.8, 4) is 0 Å². The fraction of sp³-hybridized carbons (Fsp3) is 0.417. The second-order valence-electron chi connectivity index (χ2n) is 4.23. The molecule has 0 fully saturated rings. The topological polar surface area (TPSA) is 37.3 Å². The van der Waals surface area contributed by atoms with Crippen LogP contribution in [-0.2, 0) is 12.1 Å². The number of aryl methyl sites for hydroxylation is 1. The Morgan fingerprint density at radius 1 is 1.53 bits per heavy atom. The number of carboxylic acid groups (broad SMARTS) is 1. The summed E-state index contributed by atoms with van der Waals surface area (Å²) in [5.41, 5.74) is 0.281. The number of halogens is 1. The highest BCUT2D eigenvalue weighted by atomic mass is 19.1. The maximum atomic E-state index is 14.1. The minimum atomic E-state index is -1.38. The van der Waals surface area contributed by atoms with Crippen molar-refractivity contribution in [3.05, 3.63) is 34.9 Å². The molecule has 1 unspecified atom stereocenters. The fourth-order valence-electron chi connectivity index (χ4n) is 2.16. The lowest BCUT2D eigenvalue weighted by Crippen LogP contribution is -2.22. The van der Waals surface area contributed by atoms with Crippen LogP contribution in [0, 0.1) is 0 Å². The van der Waals surface area contributed by atoms with Crippen molar-refractivity contribution in [1.82, 2.24) is 0 Å². The molecular weight excluding hydrogens is 195 g/mol. The molecule has 2 nitrogen and oxygen atoms in total. The molecule has 0 heterocycles. The lowest BCUT2D eigenvalue weighted by Gasteiger charge is -2.28. The summed E-state index contributed by atoms with van der Waals surface area (Å²) in [6, 6.07) is 4.75. The monoisotopic (exact) mass is 208 g/mol. The lowest BCUT2D eigenvalue weighted by atomic mass is 9.81. The van der Waals surface area contributed by atoms with E-state index in [0.717, 1.165) is 18.4 Å². The molecule has 0 aromatic heterocycles. The number of rotatable bonds is 1. The predicted molar refractivity (Wildman–Crippen MR) is 54.8 cm³/mol. The third-order valence-electron chi connectivity index (χ3n) is 3.01. The normalized spacial score (nSPS) is 24.7. The van der Waals surface area contributed by atoms with Crippen LogP contribution in [0.3, 0.4) is 0 Å². The summed E-state index contributed by atoms with van der Waals surface area (Å²) in [4.78, 5) is 10.8. The number of hydrogen-bond donors (Lipinski definition) is 1. The van der Waals surface area contributed by atoms with Gasteiger partial charge in [0.2, 0.25) is 0 Å². The van der Waals surface area contributed by atoms with Crippen LogP contribution in [0.5, 0.6) is 0 Å². The molecule has 0 radical (unpaired) electrons. The van der Waals surface area contributed by atoms with E-state index in [9.17, 15) is 9.18 Å². The lowest BCUT2D eigenvalue weighted by molar-refractivity contribution is 0.0696. The van der Waals surface area contributed by atoms with Gasteiger partial charge in [-0.25, -0.2) is 9.18 Å². The van der Waals surface area contributed by atoms with Crippen molar-refractivity contribution in [2.24, 2.45) is 0 Å². The van der Waals surface area contributed by atoms with Gasteiger partial charge in [0.05, 0.1) is 5.56 Å². The van der Waals surface area contributed by atoms with Crippen LogP contribution in [0.1, 0.15) is 41.3 Å². The smallest absolute Gasteiger partial charge is 0.335 e. The SMILES string of the molecule is CC1(F)CCCc2ccc(C(=O)O)cc21. The molecule has 1 atom stereocenters. The predicted octanol–water partition coefficient (Wildman–Crippen LogP) is 2.91. The van der Waals surface area contributed by atoms with Gasteiger partial charge in [0, 0.05) is 0 Å². The zero-order valence-electron chi connectivity index (χ0n) is 8.59. The average Bonchev–Trinajstić information content (AvgIpc) is 2.17. The summed E-state index contributed by atoms with van der Waals surface area (Å²) in [5.74, 6) is -1.00. The van der Waals surface area contributed by atoms with Gasteiger partial charge in [-0.05, 0) is 49.4 Å². The van der Waals surface area contributed by atoms with Crippen molar-refractivity contribution < 1.29 is 14.3 Å². The highest BCUT2D eigenvalue weighted by Gasteiger charge is 2.32. The highest BCUT2D eigenvalue weighted by molar-refractivity contribution is 5.88. The third-order valence-corrected chi connectivity index (χ3v) is 3.01. The van der Waals surface area contributed by atoms with Gasteiger partial charge in [-0.15, -0.1) is 0 Å². The van der Waals surface area contributed by atoms with Crippen LogP contribution < -0.4 is 0 Å². The molecule has 0 bridgehead atoms. The average molecular weight is 208 g/mol. The molecule has 1 aromatic carbocycles. The van der Waals surface area contributed by atoms with Crippen molar-refractivity contribution in [2.75, 3.05) is 0 Å². The molecule has 1 aliphatic carbocycles. The first-order valence-electron chi connectivity index (χ1n) is 5.06. The second-order valence-corrected chi connectivity index (χ2v) is 4.23. The fourth-order valence-corrected chi connectivity index (χ4v) is 2.16. The minimum Gasteiger partial charge on any atom is -0.478 e. The Bertz CT molecular complexity index is 410. The molecule has 0 spiro atoms. The van der Waals surface area contributed by atoms with Crippen molar-refractivity contribution in [2.45, 2.75) is 31.9 Å². The molecule has 1 aromatic rings. The Balaban J connectivity index is 2.53. The van der Waals surface area contributed by atoms with E-state index in [1.54, 1.807) is 12.1 Å². The van der Waals surface area contributed by atoms with Gasteiger partial charge in [0.15, 0.2) is 0 Å². The van der Waals surface area contributed by atoms with Crippen molar-refractivity contribution in [1.29, 1.82) is 0 Å². The number of alkyl halides is 1. The molecular formula is C12H13FO2. The number of benzene rings is 1. The molecule has 1 N–H and O–H groups in total. The van der Waals surface area contributed by atoms with E-state index in [1.165, 1.54) is 13.0 Å². The largest absolute Gasteiger partial charge is 0.478 e. The number of hydrogen-bond acceptors (Lipinski definition) is 1. The summed E-state index contributed by atoms with van der Waals surface area (Å²) in [7, 11) is 0. The minimum absolute atomic E-state index is 0.166. The van der Waals surface area contributed by atoms with E-state index in [0.29, 0.717) is 12.0 Å². The van der Waals surface area contributed by atoms with Gasteiger partial charge in [-0.3, -0.25) is 0 Å². The van der Waals surface area contributed by atoms with Gasteiger partial charge in [-0.1, -0.05) is 6.07 Å². The summed E-state index contributed by atoms with van der Waals surface area (Å²) in [5, 5.41) is 8.83. The molecule has 80 valence electrons. The van der Waals surface area contributed by atoms with Crippen molar-refractivity contribution >= 4 is 5.97 Å². The molecule has 0 amide bonds. The number of fused-ring (bicyclic) bond motifs is 1. The van der Waals surface area contributed by atoms with E-state index in [1.807, 2.05) is 0 Å². The van der Waals surface area contributed by atoms with Gasteiger partial charge in [0.1, 0.15) is 5.67 Å². The van der Waals surface area contributed by atoms with Crippen LogP contribution in [-0.4, -0.2) is 11.1 Å². The quantitative estimate of drug-likeness (QED) is 0.770. The van der Waals surface area contributed by atoms with Crippen LogP contribution in [0.4, 0.5) is 4.39 Å². The van der Waals surface area contributed by atoms with E-state index in [4.69, 9.17) is 5.11 Å². The summed E-state index contributed by atoms with van der Waals surface area (Å²) >= 11 is 0. The molecule has 0 aliphatic heterocycles. The zero-order chi connectivity index (χ0) is 11.1. The molecule has 1 aliphatic rings. The van der Waals surface area contributed by atoms with Crippen LogP contribution in [0.2, 0.25) is 0 Å². The van der Waals surface area contributed by atoms with Crippen LogP contribution in [0.15, 0.2) is 18.2 Å². The number of aromatic carboxylic acids is 1.